The highest BCUT2D eigenvalue weighted by molar-refractivity contribution is 5.77. The lowest BCUT2D eigenvalue weighted by Crippen LogP contribution is -2.49. The van der Waals surface area contributed by atoms with Crippen molar-refractivity contribution in [2.45, 2.75) is 24.9 Å². The number of hydrogen-bond donors (Lipinski definition) is 2. The number of benzene rings is 1. The zero-order chi connectivity index (χ0) is 16.1. The molecule has 1 aromatic carbocycles. The van der Waals surface area contributed by atoms with E-state index in [0.717, 1.165) is 18.7 Å². The number of nitrogens with one attached hydrogen (secondary N) is 2. The van der Waals surface area contributed by atoms with Gasteiger partial charge in [-0.05, 0) is 12.0 Å². The highest BCUT2D eigenvalue weighted by Crippen LogP contribution is 2.23. The van der Waals surface area contributed by atoms with Crippen LogP contribution in [0.25, 0.3) is 6.08 Å². The molecule has 0 radical (unpaired) electrons. The van der Waals surface area contributed by atoms with Crippen molar-refractivity contribution in [2.75, 3.05) is 6.54 Å². The zero-order valence-corrected chi connectivity index (χ0v) is 13.3. The molecule has 0 unspecified atom stereocenters. The van der Waals surface area contributed by atoms with Crippen LogP contribution in [-0.2, 0) is 11.8 Å². The number of carbonyl (C=O) groups is 1. The molecule has 3 rings (SSSR count). The largest absolute Gasteiger partial charge is 0.346 e. The van der Waals surface area contributed by atoms with E-state index in [1.54, 1.807) is 6.33 Å². The van der Waals surface area contributed by atoms with Gasteiger partial charge in [-0.25, -0.2) is 4.98 Å². The molecule has 5 nitrogen and oxygen atoms in total. The van der Waals surface area contributed by atoms with Crippen LogP contribution >= 0.6 is 0 Å². The van der Waals surface area contributed by atoms with E-state index in [1.165, 1.54) is 5.56 Å². The number of hydrogen-bond acceptors (Lipinski definition) is 3. The Morgan fingerprint density at radius 2 is 2.22 bits per heavy atom. The molecule has 0 spiro atoms. The number of aryl methyl sites for hydroxylation is 1. The van der Waals surface area contributed by atoms with E-state index < -0.39 is 0 Å². The first-order chi connectivity index (χ1) is 11.2. The second kappa shape index (κ2) is 7.24. The number of rotatable bonds is 5. The maximum Gasteiger partial charge on any atom is 0.220 e. The summed E-state index contributed by atoms with van der Waals surface area (Å²) in [6.07, 6.45) is 9.21. The Morgan fingerprint density at radius 1 is 1.39 bits per heavy atom. The zero-order valence-electron chi connectivity index (χ0n) is 13.3. The molecule has 120 valence electrons. The third-order valence-electron chi connectivity index (χ3n) is 4.18. The van der Waals surface area contributed by atoms with Crippen molar-refractivity contribution in [3.05, 3.63) is 60.2 Å². The van der Waals surface area contributed by atoms with Gasteiger partial charge < -0.3 is 15.2 Å². The van der Waals surface area contributed by atoms with Gasteiger partial charge >= 0.3 is 0 Å². The van der Waals surface area contributed by atoms with Gasteiger partial charge in [-0.1, -0.05) is 42.5 Å². The van der Waals surface area contributed by atoms with Crippen LogP contribution in [0, 0.1) is 0 Å². The minimum atomic E-state index is -0.0334. The van der Waals surface area contributed by atoms with Crippen LogP contribution < -0.4 is 10.6 Å². The summed E-state index contributed by atoms with van der Waals surface area (Å²) in [4.78, 5) is 15.9. The average Bonchev–Trinajstić information content (AvgIpc) is 2.99. The highest BCUT2D eigenvalue weighted by Gasteiger charge is 2.30. The van der Waals surface area contributed by atoms with Crippen LogP contribution in [-0.4, -0.2) is 28.0 Å². The van der Waals surface area contributed by atoms with Crippen molar-refractivity contribution < 1.29 is 4.79 Å². The number of aromatic nitrogens is 2. The smallest absolute Gasteiger partial charge is 0.220 e. The Morgan fingerprint density at radius 3 is 2.96 bits per heavy atom. The van der Waals surface area contributed by atoms with E-state index in [2.05, 4.69) is 39.9 Å². The van der Waals surface area contributed by atoms with Crippen molar-refractivity contribution in [3.63, 3.8) is 0 Å². The monoisotopic (exact) mass is 310 g/mol. The molecule has 1 fully saturated rings. The number of carbonyl (C=O) groups excluding carboxylic acids is 1. The first kappa shape index (κ1) is 15.5. The van der Waals surface area contributed by atoms with E-state index in [9.17, 15) is 4.79 Å². The molecule has 0 bridgehead atoms. The van der Waals surface area contributed by atoms with Gasteiger partial charge in [0.2, 0.25) is 5.91 Å². The predicted octanol–water partition coefficient (Wildman–Crippen LogP) is 2.04. The van der Waals surface area contributed by atoms with Crippen LogP contribution in [0.1, 0.15) is 30.1 Å². The molecule has 2 atom stereocenters. The fraction of sp³-hybridized carbons (Fsp3) is 0.333. The summed E-state index contributed by atoms with van der Waals surface area (Å²) in [5, 5.41) is 6.62. The van der Waals surface area contributed by atoms with Gasteiger partial charge in [0.15, 0.2) is 0 Å². The van der Waals surface area contributed by atoms with Gasteiger partial charge in [0.1, 0.15) is 0 Å². The van der Waals surface area contributed by atoms with Gasteiger partial charge in [0, 0.05) is 26.1 Å². The van der Waals surface area contributed by atoms with Crippen molar-refractivity contribution in [3.8, 4) is 0 Å². The Hall–Kier alpha value is -2.40. The van der Waals surface area contributed by atoms with Crippen LogP contribution in [0.15, 0.2) is 48.9 Å². The summed E-state index contributed by atoms with van der Waals surface area (Å²) >= 11 is 0. The molecule has 2 heterocycles. The Labute approximate surface area is 136 Å². The number of nitrogens with zero attached hydrogens (tertiary/aromatic N) is 2. The fourth-order valence-electron chi connectivity index (χ4n) is 2.95. The first-order valence-corrected chi connectivity index (χ1v) is 7.94. The second-order valence-corrected chi connectivity index (χ2v) is 5.84. The molecular weight excluding hydrogens is 288 g/mol. The molecule has 1 aromatic heterocycles. The van der Waals surface area contributed by atoms with Gasteiger partial charge in [0.05, 0.1) is 24.3 Å². The molecule has 1 amide bonds. The molecule has 23 heavy (non-hydrogen) atoms. The third-order valence-corrected chi connectivity index (χ3v) is 4.18. The molecule has 1 aliphatic heterocycles. The fourth-order valence-corrected chi connectivity index (χ4v) is 2.95. The highest BCUT2D eigenvalue weighted by atomic mass is 16.1. The lowest BCUT2D eigenvalue weighted by atomic mass is 9.95. The second-order valence-electron chi connectivity index (χ2n) is 5.84. The van der Waals surface area contributed by atoms with E-state index in [0.29, 0.717) is 6.42 Å². The van der Waals surface area contributed by atoms with Crippen molar-refractivity contribution in [1.29, 1.82) is 0 Å². The molecule has 1 aliphatic rings. The molecular formula is C18H22N4O. The summed E-state index contributed by atoms with van der Waals surface area (Å²) in [5.41, 5.74) is 2.22. The predicted molar refractivity (Wildman–Crippen MR) is 90.6 cm³/mol. The van der Waals surface area contributed by atoms with Gasteiger partial charge in [-0.2, -0.15) is 0 Å². The Balaban J connectivity index is 1.62. The van der Waals surface area contributed by atoms with Crippen LogP contribution in [0.2, 0.25) is 0 Å². The SMILES string of the molecule is Cn1cncc1[C@@H]1NC(=O)CC[C@H]1NC/C=C/c1ccccc1. The van der Waals surface area contributed by atoms with Crippen LogP contribution in [0.5, 0.6) is 0 Å². The molecule has 2 aromatic rings. The molecule has 2 N–H and O–H groups in total. The minimum Gasteiger partial charge on any atom is -0.346 e. The number of amides is 1. The van der Waals surface area contributed by atoms with E-state index >= 15 is 0 Å². The summed E-state index contributed by atoms with van der Waals surface area (Å²) in [5.74, 6) is 0.106. The Kier molecular flexibility index (Phi) is 4.88. The number of imidazole rings is 1. The minimum absolute atomic E-state index is 0.0334. The summed E-state index contributed by atoms with van der Waals surface area (Å²) in [6, 6.07) is 10.4. The quantitative estimate of drug-likeness (QED) is 0.888. The maximum atomic E-state index is 11.8. The summed E-state index contributed by atoms with van der Waals surface area (Å²) < 4.78 is 1.96. The normalized spacial score (nSPS) is 21.5. The maximum absolute atomic E-state index is 11.8. The lowest BCUT2D eigenvalue weighted by Gasteiger charge is -2.32. The summed E-state index contributed by atoms with van der Waals surface area (Å²) in [7, 11) is 1.95. The van der Waals surface area contributed by atoms with Crippen LogP contribution in [0.3, 0.4) is 0 Å². The average molecular weight is 310 g/mol. The molecule has 1 saturated heterocycles. The summed E-state index contributed by atoms with van der Waals surface area (Å²) in [6.45, 7) is 0.768. The van der Waals surface area contributed by atoms with Gasteiger partial charge in [0.25, 0.3) is 0 Å². The van der Waals surface area contributed by atoms with E-state index in [1.807, 2.05) is 36.0 Å². The van der Waals surface area contributed by atoms with Gasteiger partial charge in [-0.3, -0.25) is 4.79 Å². The van der Waals surface area contributed by atoms with Crippen molar-refractivity contribution >= 4 is 12.0 Å². The molecule has 5 heteroatoms. The van der Waals surface area contributed by atoms with Gasteiger partial charge in [-0.15, -0.1) is 0 Å². The standard InChI is InChI=1S/C18H22N4O/c1-22-13-19-12-16(22)18-15(9-10-17(23)21-18)20-11-5-8-14-6-3-2-4-7-14/h2-8,12-13,15,18,20H,9-11H2,1H3,(H,21,23)/b8-5+/t15-,18-/m1/s1. The topological polar surface area (TPSA) is 59.0 Å². The number of piperidine rings is 1. The Bertz CT molecular complexity index is 677. The first-order valence-electron chi connectivity index (χ1n) is 7.94. The van der Waals surface area contributed by atoms with E-state index in [4.69, 9.17) is 0 Å². The van der Waals surface area contributed by atoms with E-state index in [-0.39, 0.29) is 18.0 Å². The molecule has 0 saturated carbocycles. The van der Waals surface area contributed by atoms with Crippen molar-refractivity contribution in [1.82, 2.24) is 20.2 Å². The third kappa shape index (κ3) is 3.87. The molecule has 0 aliphatic carbocycles. The lowest BCUT2D eigenvalue weighted by molar-refractivity contribution is -0.124. The van der Waals surface area contributed by atoms with Crippen molar-refractivity contribution in [2.24, 2.45) is 7.05 Å². The van der Waals surface area contributed by atoms with Crippen LogP contribution in [0.4, 0.5) is 0 Å².